The van der Waals surface area contributed by atoms with Crippen LogP contribution in [0, 0.1) is 11.3 Å². The molecular formula is C17H20N2O3. The summed E-state index contributed by atoms with van der Waals surface area (Å²) >= 11 is 0. The second-order valence-electron chi connectivity index (χ2n) is 5.31. The first-order valence-electron chi connectivity index (χ1n) is 7.35. The third-order valence-corrected chi connectivity index (χ3v) is 3.26. The summed E-state index contributed by atoms with van der Waals surface area (Å²) in [6.45, 7) is 6.73. The zero-order valence-corrected chi connectivity index (χ0v) is 12.9. The number of hydrogen-bond acceptors (Lipinski definition) is 5. The van der Waals surface area contributed by atoms with Crippen LogP contribution in [-0.2, 0) is 14.3 Å². The number of anilines is 1. The molecule has 22 heavy (non-hydrogen) atoms. The van der Waals surface area contributed by atoms with Crippen molar-refractivity contribution in [3.63, 3.8) is 0 Å². The number of morpholine rings is 1. The van der Waals surface area contributed by atoms with Crippen molar-refractivity contribution in [3.05, 3.63) is 35.4 Å². The van der Waals surface area contributed by atoms with Crippen LogP contribution >= 0.6 is 0 Å². The maximum absolute atomic E-state index is 11.8. The minimum absolute atomic E-state index is 0.00724. The Bertz CT molecular complexity index is 579. The van der Waals surface area contributed by atoms with E-state index in [1.807, 2.05) is 30.3 Å². The van der Waals surface area contributed by atoms with Crippen molar-refractivity contribution in [2.45, 2.75) is 20.0 Å². The van der Waals surface area contributed by atoms with Gasteiger partial charge in [-0.2, -0.15) is 5.26 Å². The normalized spacial score (nSPS) is 15.5. The molecule has 0 amide bonds. The number of carbonyl (C=O) groups is 1. The Labute approximate surface area is 130 Å². The van der Waals surface area contributed by atoms with E-state index in [0.29, 0.717) is 0 Å². The van der Waals surface area contributed by atoms with E-state index in [9.17, 15) is 4.79 Å². The third-order valence-electron chi connectivity index (χ3n) is 3.26. The van der Waals surface area contributed by atoms with Gasteiger partial charge in [-0.1, -0.05) is 12.1 Å². The van der Waals surface area contributed by atoms with Crippen LogP contribution in [0.25, 0.3) is 6.08 Å². The van der Waals surface area contributed by atoms with Crippen molar-refractivity contribution in [1.82, 2.24) is 0 Å². The van der Waals surface area contributed by atoms with E-state index in [1.165, 1.54) is 0 Å². The number of nitrogens with zero attached hydrogens (tertiary/aromatic N) is 2. The van der Waals surface area contributed by atoms with E-state index in [0.717, 1.165) is 37.6 Å². The fourth-order valence-electron chi connectivity index (χ4n) is 2.18. The largest absolute Gasteiger partial charge is 0.459 e. The van der Waals surface area contributed by atoms with E-state index < -0.39 is 5.97 Å². The van der Waals surface area contributed by atoms with Crippen LogP contribution < -0.4 is 4.90 Å². The maximum Gasteiger partial charge on any atom is 0.349 e. The fraction of sp³-hybridized carbons (Fsp3) is 0.412. The Balaban J connectivity index is 2.10. The van der Waals surface area contributed by atoms with Gasteiger partial charge in [0.25, 0.3) is 0 Å². The lowest BCUT2D eigenvalue weighted by atomic mass is 10.1. The van der Waals surface area contributed by atoms with E-state index in [-0.39, 0.29) is 11.7 Å². The highest BCUT2D eigenvalue weighted by Crippen LogP contribution is 2.18. The fourth-order valence-corrected chi connectivity index (χ4v) is 2.18. The summed E-state index contributed by atoms with van der Waals surface area (Å²) in [5.74, 6) is -0.588. The molecule has 1 aliphatic heterocycles. The average Bonchev–Trinajstić information content (AvgIpc) is 2.53. The number of rotatable bonds is 4. The van der Waals surface area contributed by atoms with Gasteiger partial charge in [-0.3, -0.25) is 0 Å². The molecule has 0 unspecified atom stereocenters. The van der Waals surface area contributed by atoms with Gasteiger partial charge in [0.1, 0.15) is 11.6 Å². The Hall–Kier alpha value is -2.32. The third kappa shape index (κ3) is 4.34. The second-order valence-corrected chi connectivity index (χ2v) is 5.31. The zero-order valence-electron chi connectivity index (χ0n) is 12.9. The van der Waals surface area contributed by atoms with Crippen molar-refractivity contribution in [2.24, 2.45) is 0 Å². The van der Waals surface area contributed by atoms with E-state index in [4.69, 9.17) is 14.7 Å². The lowest BCUT2D eigenvalue weighted by Crippen LogP contribution is -2.36. The van der Waals surface area contributed by atoms with Gasteiger partial charge < -0.3 is 14.4 Å². The highest BCUT2D eigenvalue weighted by Gasteiger charge is 2.13. The average molecular weight is 300 g/mol. The van der Waals surface area contributed by atoms with Crippen LogP contribution in [0.2, 0.25) is 0 Å². The summed E-state index contributed by atoms with van der Waals surface area (Å²) in [6.07, 6.45) is 1.31. The monoisotopic (exact) mass is 300 g/mol. The van der Waals surface area contributed by atoms with Crippen LogP contribution in [0.3, 0.4) is 0 Å². The Kier molecular flexibility index (Phi) is 5.56. The van der Waals surface area contributed by atoms with Gasteiger partial charge >= 0.3 is 5.97 Å². The summed E-state index contributed by atoms with van der Waals surface area (Å²) in [6, 6.07) is 9.65. The van der Waals surface area contributed by atoms with Crippen LogP contribution in [0.5, 0.6) is 0 Å². The summed E-state index contributed by atoms with van der Waals surface area (Å²) < 4.78 is 10.4. The van der Waals surface area contributed by atoms with Crippen LogP contribution in [-0.4, -0.2) is 38.4 Å². The van der Waals surface area contributed by atoms with Gasteiger partial charge in [-0.05, 0) is 37.6 Å². The highest BCUT2D eigenvalue weighted by atomic mass is 16.5. The SMILES string of the molecule is CC(C)OC(=O)C(C#N)=Cc1ccc(N2CCOCC2)cc1. The summed E-state index contributed by atoms with van der Waals surface area (Å²) in [5.41, 5.74) is 1.92. The zero-order chi connectivity index (χ0) is 15.9. The molecule has 0 aliphatic carbocycles. The lowest BCUT2D eigenvalue weighted by Gasteiger charge is -2.28. The molecular weight excluding hydrogens is 280 g/mol. The number of esters is 1. The molecule has 116 valence electrons. The Morgan fingerprint density at radius 3 is 2.50 bits per heavy atom. The molecule has 1 heterocycles. The topological polar surface area (TPSA) is 62.6 Å². The lowest BCUT2D eigenvalue weighted by molar-refractivity contribution is -0.142. The van der Waals surface area contributed by atoms with Crippen LogP contribution in [0.15, 0.2) is 29.8 Å². The van der Waals surface area contributed by atoms with Gasteiger partial charge in [0.2, 0.25) is 0 Å². The molecule has 0 spiro atoms. The van der Waals surface area contributed by atoms with E-state index in [2.05, 4.69) is 4.90 Å². The smallest absolute Gasteiger partial charge is 0.349 e. The van der Waals surface area contributed by atoms with Gasteiger partial charge in [0.15, 0.2) is 0 Å². The standard InChI is InChI=1S/C17H20N2O3/c1-13(2)22-17(20)15(12-18)11-14-3-5-16(6-4-14)19-7-9-21-10-8-19/h3-6,11,13H,7-10H2,1-2H3. The molecule has 1 aliphatic rings. The Morgan fingerprint density at radius 1 is 1.32 bits per heavy atom. The molecule has 5 nitrogen and oxygen atoms in total. The molecule has 0 radical (unpaired) electrons. The minimum atomic E-state index is -0.588. The number of carbonyl (C=O) groups excluding carboxylic acids is 1. The molecule has 2 rings (SSSR count). The molecule has 1 fully saturated rings. The summed E-state index contributed by atoms with van der Waals surface area (Å²) in [4.78, 5) is 14.0. The van der Waals surface area contributed by atoms with Gasteiger partial charge in [-0.15, -0.1) is 0 Å². The maximum atomic E-state index is 11.8. The molecule has 0 aromatic heterocycles. The van der Waals surface area contributed by atoms with Crippen molar-refractivity contribution < 1.29 is 14.3 Å². The number of ether oxygens (including phenoxy) is 2. The molecule has 0 saturated carbocycles. The number of nitriles is 1. The molecule has 0 N–H and O–H groups in total. The molecule has 1 saturated heterocycles. The minimum Gasteiger partial charge on any atom is -0.459 e. The van der Waals surface area contributed by atoms with Crippen molar-refractivity contribution in [3.8, 4) is 6.07 Å². The van der Waals surface area contributed by atoms with Gasteiger partial charge in [0, 0.05) is 18.8 Å². The van der Waals surface area contributed by atoms with Crippen LogP contribution in [0.4, 0.5) is 5.69 Å². The van der Waals surface area contributed by atoms with Crippen molar-refractivity contribution in [2.75, 3.05) is 31.2 Å². The van der Waals surface area contributed by atoms with Crippen LogP contribution in [0.1, 0.15) is 19.4 Å². The summed E-state index contributed by atoms with van der Waals surface area (Å²) in [7, 11) is 0. The van der Waals surface area contributed by atoms with Gasteiger partial charge in [0.05, 0.1) is 19.3 Å². The predicted molar refractivity (Wildman–Crippen MR) is 84.3 cm³/mol. The first-order valence-corrected chi connectivity index (χ1v) is 7.35. The first-order chi connectivity index (χ1) is 10.6. The van der Waals surface area contributed by atoms with E-state index >= 15 is 0 Å². The molecule has 1 aromatic rings. The van der Waals surface area contributed by atoms with Gasteiger partial charge in [-0.25, -0.2) is 4.79 Å². The summed E-state index contributed by atoms with van der Waals surface area (Å²) in [5, 5.41) is 9.09. The molecule has 0 atom stereocenters. The number of benzene rings is 1. The number of hydrogen-bond donors (Lipinski definition) is 0. The first kappa shape index (κ1) is 16.1. The Morgan fingerprint density at radius 2 is 1.95 bits per heavy atom. The van der Waals surface area contributed by atoms with Crippen molar-refractivity contribution in [1.29, 1.82) is 5.26 Å². The highest BCUT2D eigenvalue weighted by molar-refractivity contribution is 5.98. The second kappa shape index (κ2) is 7.62. The quantitative estimate of drug-likeness (QED) is 0.485. The molecule has 1 aromatic carbocycles. The molecule has 0 bridgehead atoms. The van der Waals surface area contributed by atoms with E-state index in [1.54, 1.807) is 19.9 Å². The van der Waals surface area contributed by atoms with Crippen molar-refractivity contribution >= 4 is 17.7 Å². The predicted octanol–water partition coefficient (Wildman–Crippen LogP) is 2.38. The molecule has 5 heteroatoms.